The van der Waals surface area contributed by atoms with Crippen molar-refractivity contribution in [3.8, 4) is 5.75 Å². The number of phenolic OH excluding ortho intramolecular Hbond substituents is 1. The van der Waals surface area contributed by atoms with Crippen LogP contribution >= 0.6 is 12.4 Å². The van der Waals surface area contributed by atoms with Crippen molar-refractivity contribution in [2.75, 3.05) is 19.6 Å². The van der Waals surface area contributed by atoms with Crippen molar-refractivity contribution in [1.29, 1.82) is 0 Å². The standard InChI is InChI=1S/C19H24N2O.ClH/c1-2-15-6-8-17(9-7-15)19-13-20-10-11-21(19)14-16-4-3-5-18(22)12-16;/h3-9,12,19-20,22H,2,10-11,13-14H2,1H3;1H. The zero-order chi connectivity index (χ0) is 15.4. The predicted molar refractivity (Wildman–Crippen MR) is 97.2 cm³/mol. The van der Waals surface area contributed by atoms with Crippen LogP contribution < -0.4 is 5.32 Å². The maximum atomic E-state index is 9.65. The third-order valence-corrected chi connectivity index (χ3v) is 4.42. The molecule has 2 N–H and O–H groups in total. The molecule has 1 saturated heterocycles. The molecule has 0 aromatic heterocycles. The van der Waals surface area contributed by atoms with Crippen LogP contribution in [0.4, 0.5) is 0 Å². The molecule has 4 heteroatoms. The van der Waals surface area contributed by atoms with Gasteiger partial charge in [-0.1, -0.05) is 43.3 Å². The first-order valence-electron chi connectivity index (χ1n) is 8.08. The summed E-state index contributed by atoms with van der Waals surface area (Å²) in [5.74, 6) is 0.344. The van der Waals surface area contributed by atoms with E-state index < -0.39 is 0 Å². The summed E-state index contributed by atoms with van der Waals surface area (Å²) in [6, 6.07) is 16.9. The lowest BCUT2D eigenvalue weighted by Crippen LogP contribution is -2.45. The molecule has 2 aromatic carbocycles. The number of rotatable bonds is 4. The van der Waals surface area contributed by atoms with Gasteiger partial charge in [-0.2, -0.15) is 0 Å². The molecule has 1 unspecified atom stereocenters. The minimum Gasteiger partial charge on any atom is -0.508 e. The van der Waals surface area contributed by atoms with E-state index in [1.807, 2.05) is 12.1 Å². The Labute approximate surface area is 144 Å². The fraction of sp³-hybridized carbons (Fsp3) is 0.368. The van der Waals surface area contributed by atoms with E-state index in [0.29, 0.717) is 11.8 Å². The summed E-state index contributed by atoms with van der Waals surface area (Å²) in [6.07, 6.45) is 1.08. The van der Waals surface area contributed by atoms with E-state index in [1.54, 1.807) is 6.07 Å². The number of piperazine rings is 1. The highest BCUT2D eigenvalue weighted by molar-refractivity contribution is 5.85. The number of halogens is 1. The van der Waals surface area contributed by atoms with E-state index in [-0.39, 0.29) is 12.4 Å². The largest absolute Gasteiger partial charge is 0.508 e. The van der Waals surface area contributed by atoms with Crippen LogP contribution in [0.25, 0.3) is 0 Å². The quantitative estimate of drug-likeness (QED) is 0.899. The number of hydrogen-bond donors (Lipinski definition) is 2. The van der Waals surface area contributed by atoms with Crippen molar-refractivity contribution < 1.29 is 5.11 Å². The van der Waals surface area contributed by atoms with Gasteiger partial charge in [0.25, 0.3) is 0 Å². The summed E-state index contributed by atoms with van der Waals surface area (Å²) < 4.78 is 0. The molecule has 1 heterocycles. The molecule has 0 aliphatic carbocycles. The fourth-order valence-electron chi connectivity index (χ4n) is 3.13. The summed E-state index contributed by atoms with van der Waals surface area (Å²) in [7, 11) is 0. The molecule has 0 saturated carbocycles. The molecule has 1 fully saturated rings. The molecule has 124 valence electrons. The van der Waals surface area contributed by atoms with Crippen LogP contribution in [-0.2, 0) is 13.0 Å². The van der Waals surface area contributed by atoms with Crippen molar-refractivity contribution in [2.24, 2.45) is 0 Å². The smallest absolute Gasteiger partial charge is 0.115 e. The Morgan fingerprint density at radius 1 is 1.13 bits per heavy atom. The number of aryl methyl sites for hydroxylation is 1. The minimum atomic E-state index is 0. The lowest BCUT2D eigenvalue weighted by Gasteiger charge is -2.36. The average Bonchev–Trinajstić information content (AvgIpc) is 2.56. The molecule has 0 amide bonds. The molecule has 0 radical (unpaired) electrons. The van der Waals surface area contributed by atoms with Gasteiger partial charge in [0.2, 0.25) is 0 Å². The van der Waals surface area contributed by atoms with Gasteiger partial charge < -0.3 is 10.4 Å². The summed E-state index contributed by atoms with van der Waals surface area (Å²) in [5.41, 5.74) is 3.91. The average molecular weight is 333 g/mol. The molecule has 0 bridgehead atoms. The zero-order valence-corrected chi connectivity index (χ0v) is 14.4. The van der Waals surface area contributed by atoms with Crippen molar-refractivity contribution in [3.05, 3.63) is 65.2 Å². The molecule has 0 spiro atoms. The van der Waals surface area contributed by atoms with Gasteiger partial charge in [0.15, 0.2) is 0 Å². The van der Waals surface area contributed by atoms with E-state index in [2.05, 4.69) is 47.5 Å². The molecule has 1 aliphatic rings. The Balaban J connectivity index is 0.00000192. The van der Waals surface area contributed by atoms with E-state index >= 15 is 0 Å². The van der Waals surface area contributed by atoms with E-state index in [9.17, 15) is 5.11 Å². The molecule has 1 aliphatic heterocycles. The van der Waals surface area contributed by atoms with Gasteiger partial charge in [0.05, 0.1) is 0 Å². The summed E-state index contributed by atoms with van der Waals surface area (Å²) in [4.78, 5) is 2.49. The van der Waals surface area contributed by atoms with Crippen LogP contribution in [0, 0.1) is 0 Å². The van der Waals surface area contributed by atoms with E-state index in [1.165, 1.54) is 11.1 Å². The van der Waals surface area contributed by atoms with E-state index in [4.69, 9.17) is 0 Å². The highest BCUT2D eigenvalue weighted by Gasteiger charge is 2.23. The fourth-order valence-corrected chi connectivity index (χ4v) is 3.13. The van der Waals surface area contributed by atoms with Crippen LogP contribution in [0.1, 0.15) is 29.7 Å². The molecule has 23 heavy (non-hydrogen) atoms. The first kappa shape index (κ1) is 17.8. The van der Waals surface area contributed by atoms with Gasteiger partial charge >= 0.3 is 0 Å². The molecular weight excluding hydrogens is 308 g/mol. The van der Waals surface area contributed by atoms with Gasteiger partial charge in [0, 0.05) is 32.2 Å². The number of hydrogen-bond acceptors (Lipinski definition) is 3. The number of aromatic hydroxyl groups is 1. The lowest BCUT2D eigenvalue weighted by atomic mass is 10.00. The summed E-state index contributed by atoms with van der Waals surface area (Å²) >= 11 is 0. The van der Waals surface area contributed by atoms with Crippen LogP contribution in [0.3, 0.4) is 0 Å². The van der Waals surface area contributed by atoms with Crippen molar-refractivity contribution in [3.63, 3.8) is 0 Å². The molecule has 3 rings (SSSR count). The van der Waals surface area contributed by atoms with Gasteiger partial charge in [-0.3, -0.25) is 4.90 Å². The number of nitrogens with one attached hydrogen (secondary N) is 1. The Morgan fingerprint density at radius 2 is 1.91 bits per heavy atom. The second-order valence-electron chi connectivity index (χ2n) is 5.96. The van der Waals surface area contributed by atoms with Crippen molar-refractivity contribution >= 4 is 12.4 Å². The van der Waals surface area contributed by atoms with Crippen LogP contribution in [0.2, 0.25) is 0 Å². The third kappa shape index (κ3) is 4.47. The summed E-state index contributed by atoms with van der Waals surface area (Å²) in [6.45, 7) is 6.07. The van der Waals surface area contributed by atoms with Crippen LogP contribution in [0.5, 0.6) is 5.75 Å². The lowest BCUT2D eigenvalue weighted by molar-refractivity contribution is 0.153. The SMILES string of the molecule is CCc1ccc(C2CNCCN2Cc2cccc(O)c2)cc1.Cl. The first-order chi connectivity index (χ1) is 10.8. The van der Waals surface area contributed by atoms with Gasteiger partial charge in [-0.25, -0.2) is 0 Å². The van der Waals surface area contributed by atoms with Gasteiger partial charge in [-0.05, 0) is 35.2 Å². The number of phenols is 1. The monoisotopic (exact) mass is 332 g/mol. The molecular formula is C19H25ClN2O. The van der Waals surface area contributed by atoms with E-state index in [0.717, 1.165) is 38.2 Å². The molecule has 2 aromatic rings. The Morgan fingerprint density at radius 3 is 2.61 bits per heavy atom. The highest BCUT2D eigenvalue weighted by atomic mass is 35.5. The predicted octanol–water partition coefficient (Wildman–Crippen LogP) is 3.52. The maximum Gasteiger partial charge on any atom is 0.115 e. The van der Waals surface area contributed by atoms with Crippen molar-refractivity contribution in [2.45, 2.75) is 25.9 Å². The maximum absolute atomic E-state index is 9.65. The second-order valence-corrected chi connectivity index (χ2v) is 5.96. The third-order valence-electron chi connectivity index (χ3n) is 4.42. The summed E-state index contributed by atoms with van der Waals surface area (Å²) in [5, 5.41) is 13.2. The highest BCUT2D eigenvalue weighted by Crippen LogP contribution is 2.25. The van der Waals surface area contributed by atoms with Crippen LogP contribution in [0.15, 0.2) is 48.5 Å². The minimum absolute atomic E-state index is 0. The van der Waals surface area contributed by atoms with Crippen LogP contribution in [-0.4, -0.2) is 29.6 Å². The Bertz CT molecular complexity index is 615. The molecule has 1 atom stereocenters. The zero-order valence-electron chi connectivity index (χ0n) is 13.5. The Hall–Kier alpha value is -1.55. The van der Waals surface area contributed by atoms with Gasteiger partial charge in [-0.15, -0.1) is 12.4 Å². The Kier molecular flexibility index (Phi) is 6.46. The second kappa shape index (κ2) is 8.34. The molecule has 3 nitrogen and oxygen atoms in total. The van der Waals surface area contributed by atoms with Crippen molar-refractivity contribution in [1.82, 2.24) is 10.2 Å². The topological polar surface area (TPSA) is 35.5 Å². The number of nitrogens with zero attached hydrogens (tertiary/aromatic N) is 1. The number of benzene rings is 2. The van der Waals surface area contributed by atoms with Gasteiger partial charge in [0.1, 0.15) is 5.75 Å². The normalized spacial score (nSPS) is 18.4. The first-order valence-corrected chi connectivity index (χ1v) is 8.08.